The third-order valence-electron chi connectivity index (χ3n) is 1.79. The number of hydrogen-bond donors (Lipinski definition) is 0. The van der Waals surface area contributed by atoms with Crippen LogP contribution >= 0.6 is 0 Å². The molecule has 0 spiro atoms. The fraction of sp³-hybridized carbons (Fsp3) is 0.857. The highest BCUT2D eigenvalue weighted by Crippen LogP contribution is 2.10. The van der Waals surface area contributed by atoms with Gasteiger partial charge in [0.1, 0.15) is 5.82 Å². The lowest BCUT2D eigenvalue weighted by Gasteiger charge is -2.22. The van der Waals surface area contributed by atoms with E-state index in [0.717, 1.165) is 5.82 Å². The average molecular weight is 170 g/mol. The molecule has 12 heavy (non-hydrogen) atoms. The molecule has 0 bridgehead atoms. The van der Waals surface area contributed by atoms with E-state index in [1.165, 1.54) is 0 Å². The third-order valence-corrected chi connectivity index (χ3v) is 1.79. The van der Waals surface area contributed by atoms with Crippen molar-refractivity contribution in [2.75, 3.05) is 7.11 Å². The first kappa shape index (κ1) is 9.12. The molecule has 1 heterocycles. The van der Waals surface area contributed by atoms with Crippen LogP contribution in [0, 0.1) is 6.92 Å². The molecular formula is C7H14N4O. The summed E-state index contributed by atoms with van der Waals surface area (Å²) in [6.45, 7) is 6.52. The molecule has 0 radical (unpaired) electrons. The van der Waals surface area contributed by atoms with E-state index in [9.17, 15) is 0 Å². The lowest BCUT2D eigenvalue weighted by atomic mass is 10.1. The monoisotopic (exact) mass is 170 g/mol. The second-order valence-electron chi connectivity index (χ2n) is 3.35. The van der Waals surface area contributed by atoms with Crippen LogP contribution in [0.4, 0.5) is 0 Å². The van der Waals surface area contributed by atoms with Gasteiger partial charge in [-0.15, -0.1) is 5.10 Å². The molecular weight excluding hydrogens is 156 g/mol. The van der Waals surface area contributed by atoms with Crippen molar-refractivity contribution in [1.82, 2.24) is 20.2 Å². The van der Waals surface area contributed by atoms with Crippen LogP contribution in [0.15, 0.2) is 0 Å². The summed E-state index contributed by atoms with van der Waals surface area (Å²) < 4.78 is 6.98. The van der Waals surface area contributed by atoms with Gasteiger partial charge in [-0.25, -0.2) is 4.68 Å². The van der Waals surface area contributed by atoms with Crippen molar-refractivity contribution in [3.05, 3.63) is 5.82 Å². The number of tetrazole rings is 1. The van der Waals surface area contributed by atoms with E-state index < -0.39 is 0 Å². The molecule has 68 valence electrons. The van der Waals surface area contributed by atoms with Crippen molar-refractivity contribution in [3.63, 3.8) is 0 Å². The molecule has 5 nitrogen and oxygen atoms in total. The summed E-state index contributed by atoms with van der Waals surface area (Å²) in [6.07, 6.45) is 0. The summed E-state index contributed by atoms with van der Waals surface area (Å²) in [7, 11) is 1.68. The van der Waals surface area contributed by atoms with Crippen LogP contribution in [0.25, 0.3) is 0 Å². The van der Waals surface area contributed by atoms with Gasteiger partial charge in [0.25, 0.3) is 0 Å². The van der Waals surface area contributed by atoms with Crippen LogP contribution in [-0.2, 0) is 11.3 Å². The summed E-state index contributed by atoms with van der Waals surface area (Å²) in [5.74, 6) is 0.806. The molecule has 0 amide bonds. The summed E-state index contributed by atoms with van der Waals surface area (Å²) in [5, 5.41) is 11.2. The fourth-order valence-corrected chi connectivity index (χ4v) is 0.821. The number of hydrogen-bond acceptors (Lipinski definition) is 4. The van der Waals surface area contributed by atoms with Gasteiger partial charge in [-0.1, -0.05) is 0 Å². The summed E-state index contributed by atoms with van der Waals surface area (Å²) in [4.78, 5) is 0. The molecule has 0 aliphatic carbocycles. The Morgan fingerprint density at radius 3 is 2.58 bits per heavy atom. The molecule has 0 aliphatic heterocycles. The lowest BCUT2D eigenvalue weighted by molar-refractivity contribution is 0.00449. The summed E-state index contributed by atoms with van der Waals surface area (Å²) in [5.41, 5.74) is -0.222. The van der Waals surface area contributed by atoms with Gasteiger partial charge in [-0.3, -0.25) is 0 Å². The van der Waals surface area contributed by atoms with Crippen molar-refractivity contribution in [2.24, 2.45) is 0 Å². The molecule has 0 aromatic carbocycles. The predicted octanol–water partition coefficient (Wildman–Crippen LogP) is 0.407. The van der Waals surface area contributed by atoms with Gasteiger partial charge < -0.3 is 4.74 Å². The van der Waals surface area contributed by atoms with Crippen molar-refractivity contribution in [3.8, 4) is 0 Å². The van der Waals surface area contributed by atoms with Gasteiger partial charge in [0.05, 0.1) is 12.1 Å². The predicted molar refractivity (Wildman–Crippen MR) is 43.6 cm³/mol. The zero-order valence-corrected chi connectivity index (χ0v) is 7.90. The minimum Gasteiger partial charge on any atom is -0.377 e. The number of aromatic nitrogens is 4. The highest BCUT2D eigenvalue weighted by molar-refractivity contribution is 4.77. The van der Waals surface area contributed by atoms with Crippen LogP contribution in [0.1, 0.15) is 19.7 Å². The molecule has 5 heteroatoms. The topological polar surface area (TPSA) is 52.8 Å². The SMILES string of the molecule is COC(C)(C)Cn1nnnc1C. The second-order valence-corrected chi connectivity index (χ2v) is 3.35. The van der Waals surface area contributed by atoms with Crippen LogP contribution < -0.4 is 0 Å². The second kappa shape index (κ2) is 3.18. The third kappa shape index (κ3) is 2.01. The largest absolute Gasteiger partial charge is 0.377 e. The minimum absolute atomic E-state index is 0.222. The first-order valence-electron chi connectivity index (χ1n) is 3.83. The highest BCUT2D eigenvalue weighted by Gasteiger charge is 2.18. The zero-order chi connectivity index (χ0) is 9.19. The molecule has 0 N–H and O–H groups in total. The van der Waals surface area contributed by atoms with Crippen molar-refractivity contribution in [1.29, 1.82) is 0 Å². The smallest absolute Gasteiger partial charge is 0.148 e. The Balaban J connectivity index is 2.70. The number of aryl methyl sites for hydroxylation is 1. The van der Waals surface area contributed by atoms with E-state index in [-0.39, 0.29) is 5.60 Å². The van der Waals surface area contributed by atoms with Gasteiger partial charge in [-0.2, -0.15) is 0 Å². The maximum atomic E-state index is 5.25. The molecule has 0 aliphatic rings. The van der Waals surface area contributed by atoms with Crippen molar-refractivity contribution >= 4 is 0 Å². The number of rotatable bonds is 3. The first-order valence-corrected chi connectivity index (χ1v) is 3.83. The Labute approximate surface area is 71.7 Å². The Hall–Kier alpha value is -0.970. The summed E-state index contributed by atoms with van der Waals surface area (Å²) >= 11 is 0. The Kier molecular flexibility index (Phi) is 2.42. The highest BCUT2D eigenvalue weighted by atomic mass is 16.5. The van der Waals surface area contributed by atoms with E-state index >= 15 is 0 Å². The van der Waals surface area contributed by atoms with E-state index in [2.05, 4.69) is 15.5 Å². The number of nitrogens with zero attached hydrogens (tertiary/aromatic N) is 4. The van der Waals surface area contributed by atoms with Crippen molar-refractivity contribution in [2.45, 2.75) is 32.9 Å². The van der Waals surface area contributed by atoms with Gasteiger partial charge in [0, 0.05) is 7.11 Å². The molecule has 1 aromatic heterocycles. The molecule has 1 rings (SSSR count). The maximum Gasteiger partial charge on any atom is 0.148 e. The number of methoxy groups -OCH3 is 1. The molecule has 0 saturated carbocycles. The summed E-state index contributed by atoms with van der Waals surface area (Å²) in [6, 6.07) is 0. The minimum atomic E-state index is -0.222. The lowest BCUT2D eigenvalue weighted by Crippen LogP contribution is -2.30. The van der Waals surface area contributed by atoms with E-state index in [4.69, 9.17) is 4.74 Å². The van der Waals surface area contributed by atoms with E-state index in [1.54, 1.807) is 11.8 Å². The normalized spacial score (nSPS) is 12.0. The first-order chi connectivity index (χ1) is 5.55. The van der Waals surface area contributed by atoms with Gasteiger partial charge in [0.15, 0.2) is 0 Å². The van der Waals surface area contributed by atoms with Gasteiger partial charge >= 0.3 is 0 Å². The van der Waals surface area contributed by atoms with Crippen LogP contribution in [0.2, 0.25) is 0 Å². The van der Waals surface area contributed by atoms with Gasteiger partial charge in [0.2, 0.25) is 0 Å². The average Bonchev–Trinajstić information content (AvgIpc) is 2.36. The van der Waals surface area contributed by atoms with Crippen LogP contribution in [-0.4, -0.2) is 32.9 Å². The Morgan fingerprint density at radius 2 is 2.17 bits per heavy atom. The van der Waals surface area contributed by atoms with E-state index in [0.29, 0.717) is 6.54 Å². The van der Waals surface area contributed by atoms with E-state index in [1.807, 2.05) is 20.8 Å². The Bertz CT molecular complexity index is 256. The fourth-order valence-electron chi connectivity index (χ4n) is 0.821. The Morgan fingerprint density at radius 1 is 1.50 bits per heavy atom. The molecule has 0 unspecified atom stereocenters. The molecule has 0 saturated heterocycles. The maximum absolute atomic E-state index is 5.25. The molecule has 1 aromatic rings. The molecule has 0 atom stereocenters. The standard InChI is InChI=1S/C7H14N4O/c1-6-8-9-10-11(6)5-7(2,3)12-4/h5H2,1-4H3. The van der Waals surface area contributed by atoms with Crippen LogP contribution in [0.5, 0.6) is 0 Å². The quantitative estimate of drug-likeness (QED) is 0.659. The van der Waals surface area contributed by atoms with Gasteiger partial charge in [-0.05, 0) is 31.2 Å². The zero-order valence-electron chi connectivity index (χ0n) is 7.90. The van der Waals surface area contributed by atoms with Crippen LogP contribution in [0.3, 0.4) is 0 Å². The van der Waals surface area contributed by atoms with Crippen molar-refractivity contribution < 1.29 is 4.74 Å². The molecule has 0 fully saturated rings. The number of ether oxygens (including phenoxy) is 1.